The molecule has 6 nitrogen and oxygen atoms in total. The fraction of sp³-hybridized carbons (Fsp3) is 0. The summed E-state index contributed by atoms with van der Waals surface area (Å²) in [5.41, 5.74) is 0.307. The molecule has 8 heteroatoms. The molecule has 0 saturated carbocycles. The van der Waals surface area contributed by atoms with Crippen LogP contribution in [0.4, 0.5) is 17.1 Å². The summed E-state index contributed by atoms with van der Waals surface area (Å²) in [6.07, 6.45) is 0. The third-order valence-corrected chi connectivity index (χ3v) is 3.35. The van der Waals surface area contributed by atoms with Crippen LogP contribution in [0.1, 0.15) is 10.4 Å². The lowest BCUT2D eigenvalue weighted by atomic mass is 10.2. The van der Waals surface area contributed by atoms with Gasteiger partial charge in [0.15, 0.2) is 0 Å². The summed E-state index contributed by atoms with van der Waals surface area (Å²) in [4.78, 5) is 21.3. The van der Waals surface area contributed by atoms with Crippen molar-refractivity contribution in [1.29, 1.82) is 0 Å². The van der Waals surface area contributed by atoms with E-state index >= 15 is 0 Å². The fourth-order valence-corrected chi connectivity index (χ4v) is 1.99. The van der Waals surface area contributed by atoms with Crippen molar-refractivity contribution < 1.29 is 14.8 Å². The Bertz CT molecular complexity index is 734. The molecule has 0 radical (unpaired) electrons. The van der Waals surface area contributed by atoms with Crippen molar-refractivity contribution in [2.45, 2.75) is 0 Å². The van der Waals surface area contributed by atoms with E-state index in [-0.39, 0.29) is 27.0 Å². The maximum absolute atomic E-state index is 11.0. The number of benzene rings is 2. The normalized spacial score (nSPS) is 10.2. The average molecular weight is 327 g/mol. The molecule has 0 unspecified atom stereocenters. The van der Waals surface area contributed by atoms with E-state index in [9.17, 15) is 14.9 Å². The molecule has 2 aromatic rings. The van der Waals surface area contributed by atoms with Gasteiger partial charge in [-0.3, -0.25) is 10.1 Å². The lowest BCUT2D eigenvalue weighted by molar-refractivity contribution is -0.383. The Labute approximate surface area is 129 Å². The molecule has 2 N–H and O–H groups in total. The zero-order valence-electron chi connectivity index (χ0n) is 10.3. The van der Waals surface area contributed by atoms with E-state index in [2.05, 4.69) is 5.32 Å². The first-order valence-corrected chi connectivity index (χ1v) is 6.38. The predicted molar refractivity (Wildman–Crippen MR) is 79.8 cm³/mol. The number of nitrogens with one attached hydrogen (secondary N) is 1. The number of hydrogen-bond donors (Lipinski definition) is 2. The molecule has 0 aromatic heterocycles. The molecule has 2 rings (SSSR count). The van der Waals surface area contributed by atoms with Crippen LogP contribution >= 0.6 is 23.2 Å². The molecule has 0 amide bonds. The van der Waals surface area contributed by atoms with Crippen molar-refractivity contribution >= 4 is 46.2 Å². The third kappa shape index (κ3) is 3.42. The highest BCUT2D eigenvalue weighted by molar-refractivity contribution is 6.42. The van der Waals surface area contributed by atoms with Crippen LogP contribution < -0.4 is 5.32 Å². The molecule has 0 spiro atoms. The van der Waals surface area contributed by atoms with Crippen LogP contribution in [0.2, 0.25) is 10.0 Å². The number of nitrogens with zero attached hydrogens (tertiary/aromatic N) is 1. The molecule has 0 bridgehead atoms. The quantitative estimate of drug-likeness (QED) is 0.643. The highest BCUT2D eigenvalue weighted by Gasteiger charge is 2.17. The molecule has 21 heavy (non-hydrogen) atoms. The molecular weight excluding hydrogens is 319 g/mol. The van der Waals surface area contributed by atoms with Crippen molar-refractivity contribution in [3.63, 3.8) is 0 Å². The number of carboxylic acids is 1. The van der Waals surface area contributed by atoms with Crippen LogP contribution in [0.15, 0.2) is 36.4 Å². The maximum Gasteiger partial charge on any atom is 0.335 e. The summed E-state index contributed by atoms with van der Waals surface area (Å²) in [5, 5.41) is 22.9. The Morgan fingerprint density at radius 3 is 2.48 bits per heavy atom. The van der Waals surface area contributed by atoms with Crippen molar-refractivity contribution in [2.75, 3.05) is 5.32 Å². The summed E-state index contributed by atoms with van der Waals surface area (Å²) in [7, 11) is 0. The number of carboxylic acid groups (broad SMARTS) is 1. The molecule has 108 valence electrons. The monoisotopic (exact) mass is 326 g/mol. The fourth-order valence-electron chi connectivity index (χ4n) is 1.67. The smallest absolute Gasteiger partial charge is 0.335 e. The lowest BCUT2D eigenvalue weighted by Crippen LogP contribution is -2.00. The highest BCUT2D eigenvalue weighted by Crippen LogP contribution is 2.35. The highest BCUT2D eigenvalue weighted by atomic mass is 35.5. The van der Waals surface area contributed by atoms with Crippen molar-refractivity contribution in [3.05, 3.63) is 62.1 Å². The number of carbonyl (C=O) groups is 1. The van der Waals surface area contributed by atoms with E-state index in [0.29, 0.717) is 5.69 Å². The van der Waals surface area contributed by atoms with E-state index in [4.69, 9.17) is 28.3 Å². The minimum absolute atomic E-state index is 0.0581. The first-order chi connectivity index (χ1) is 9.88. The van der Waals surface area contributed by atoms with Crippen LogP contribution in [-0.4, -0.2) is 16.0 Å². The van der Waals surface area contributed by atoms with Crippen LogP contribution in [0.5, 0.6) is 0 Å². The SMILES string of the molecule is O=C(O)c1cccc(Nc2cc(Cl)c(Cl)cc2[N+](=O)[O-])c1. The van der Waals surface area contributed by atoms with Crippen molar-refractivity contribution in [1.82, 2.24) is 0 Å². The molecule has 0 atom stereocenters. The Morgan fingerprint density at radius 1 is 1.19 bits per heavy atom. The van der Waals surface area contributed by atoms with Gasteiger partial charge in [0.2, 0.25) is 0 Å². The number of rotatable bonds is 4. The van der Waals surface area contributed by atoms with Gasteiger partial charge in [0, 0.05) is 11.8 Å². The van der Waals surface area contributed by atoms with Crippen LogP contribution in [0.3, 0.4) is 0 Å². The van der Waals surface area contributed by atoms with Crippen LogP contribution in [0.25, 0.3) is 0 Å². The average Bonchev–Trinajstić information content (AvgIpc) is 2.42. The molecule has 2 aromatic carbocycles. The van der Waals surface area contributed by atoms with Gasteiger partial charge in [0.25, 0.3) is 5.69 Å². The van der Waals surface area contributed by atoms with E-state index in [1.54, 1.807) is 6.07 Å². The maximum atomic E-state index is 11.0. The standard InChI is InChI=1S/C13H8Cl2N2O4/c14-9-5-11(12(17(20)21)6-10(9)15)16-8-3-1-2-7(4-8)13(18)19/h1-6,16H,(H,18,19). The van der Waals surface area contributed by atoms with Gasteiger partial charge >= 0.3 is 5.97 Å². The Hall–Kier alpha value is -2.31. The van der Waals surface area contributed by atoms with Crippen molar-refractivity contribution in [3.8, 4) is 0 Å². The lowest BCUT2D eigenvalue weighted by Gasteiger charge is -2.09. The zero-order chi connectivity index (χ0) is 15.6. The Morgan fingerprint density at radius 2 is 1.86 bits per heavy atom. The summed E-state index contributed by atoms with van der Waals surface area (Å²) in [5.74, 6) is -1.10. The third-order valence-electron chi connectivity index (χ3n) is 2.62. The van der Waals surface area contributed by atoms with Gasteiger partial charge in [-0.05, 0) is 24.3 Å². The largest absolute Gasteiger partial charge is 0.478 e. The second-order valence-corrected chi connectivity index (χ2v) is 4.87. The molecule has 0 heterocycles. The van der Waals surface area contributed by atoms with E-state index in [1.807, 2.05) is 0 Å². The number of halogens is 2. The summed E-state index contributed by atoms with van der Waals surface area (Å²) < 4.78 is 0. The second kappa shape index (κ2) is 5.99. The van der Waals surface area contributed by atoms with Crippen molar-refractivity contribution in [2.24, 2.45) is 0 Å². The number of anilines is 2. The molecule has 0 saturated heterocycles. The van der Waals surface area contributed by atoms with Gasteiger partial charge in [-0.1, -0.05) is 29.3 Å². The Kier molecular flexibility index (Phi) is 4.30. The van der Waals surface area contributed by atoms with Crippen LogP contribution in [0, 0.1) is 10.1 Å². The first kappa shape index (κ1) is 15.1. The van der Waals surface area contributed by atoms with Crippen LogP contribution in [-0.2, 0) is 0 Å². The van der Waals surface area contributed by atoms with Gasteiger partial charge in [0.1, 0.15) is 5.69 Å². The molecule has 0 aliphatic heterocycles. The first-order valence-electron chi connectivity index (χ1n) is 5.62. The number of nitro benzene ring substituents is 1. The minimum atomic E-state index is -1.10. The van der Waals surface area contributed by atoms with Gasteiger partial charge in [-0.2, -0.15) is 0 Å². The van der Waals surface area contributed by atoms with E-state index in [0.717, 1.165) is 6.07 Å². The van der Waals surface area contributed by atoms with E-state index in [1.165, 1.54) is 24.3 Å². The number of nitro groups is 1. The number of aromatic carboxylic acids is 1. The van der Waals surface area contributed by atoms with Gasteiger partial charge in [-0.15, -0.1) is 0 Å². The zero-order valence-corrected chi connectivity index (χ0v) is 11.9. The topological polar surface area (TPSA) is 92.5 Å². The molecule has 0 fully saturated rings. The van der Waals surface area contributed by atoms with Gasteiger partial charge in [-0.25, -0.2) is 4.79 Å². The Balaban J connectivity index is 2.43. The minimum Gasteiger partial charge on any atom is -0.478 e. The summed E-state index contributed by atoms with van der Waals surface area (Å²) in [6.45, 7) is 0. The predicted octanol–water partition coefficient (Wildman–Crippen LogP) is 4.34. The second-order valence-electron chi connectivity index (χ2n) is 4.05. The summed E-state index contributed by atoms with van der Waals surface area (Å²) in [6, 6.07) is 8.32. The van der Waals surface area contributed by atoms with Gasteiger partial charge in [0.05, 0.1) is 20.5 Å². The molecular formula is C13H8Cl2N2O4. The van der Waals surface area contributed by atoms with Gasteiger partial charge < -0.3 is 10.4 Å². The molecule has 0 aliphatic carbocycles. The number of hydrogen-bond acceptors (Lipinski definition) is 4. The molecule has 0 aliphatic rings. The summed E-state index contributed by atoms with van der Waals surface area (Å²) >= 11 is 11.6. The van der Waals surface area contributed by atoms with E-state index < -0.39 is 10.9 Å².